The normalized spacial score (nSPS) is 16.6. The van der Waals surface area contributed by atoms with Crippen LogP contribution in [0.4, 0.5) is 0 Å². The quantitative estimate of drug-likeness (QED) is 0.625. The van der Waals surface area contributed by atoms with Crippen molar-refractivity contribution in [2.45, 2.75) is 45.8 Å². The predicted octanol–water partition coefficient (Wildman–Crippen LogP) is 4.35. The number of likely N-dealkylation sites (tertiary alicyclic amines) is 1. The minimum Gasteiger partial charge on any atom is -0.491 e. The van der Waals surface area contributed by atoms with Crippen LogP contribution in [-0.4, -0.2) is 33.6 Å². The second kappa shape index (κ2) is 8.07. The van der Waals surface area contributed by atoms with Gasteiger partial charge in [-0.2, -0.15) is 4.98 Å². The van der Waals surface area contributed by atoms with Gasteiger partial charge in [-0.05, 0) is 50.6 Å². The summed E-state index contributed by atoms with van der Waals surface area (Å²) >= 11 is 0. The second-order valence-electron chi connectivity index (χ2n) is 7.81. The zero-order valence-corrected chi connectivity index (χ0v) is 17.0. The zero-order valence-electron chi connectivity index (χ0n) is 17.0. The first-order valence-corrected chi connectivity index (χ1v) is 9.92. The summed E-state index contributed by atoms with van der Waals surface area (Å²) in [5, 5.41) is 4.11. The Bertz CT molecular complexity index is 977. The van der Waals surface area contributed by atoms with Crippen molar-refractivity contribution in [3.8, 4) is 17.1 Å². The van der Waals surface area contributed by atoms with Gasteiger partial charge in [-0.3, -0.25) is 4.79 Å². The van der Waals surface area contributed by atoms with E-state index in [1.807, 2.05) is 43.0 Å². The van der Waals surface area contributed by atoms with Crippen LogP contribution in [0.5, 0.6) is 5.75 Å². The highest BCUT2D eigenvalue weighted by Gasteiger charge is 2.34. The minimum absolute atomic E-state index is 0.0715. The topological polar surface area (TPSA) is 68.5 Å². The Morgan fingerprint density at radius 1 is 1.14 bits per heavy atom. The highest BCUT2D eigenvalue weighted by molar-refractivity contribution is 5.79. The number of aryl methyl sites for hydroxylation is 1. The number of hydrogen-bond donors (Lipinski definition) is 0. The minimum atomic E-state index is -0.0715. The van der Waals surface area contributed by atoms with Gasteiger partial charge in [0.1, 0.15) is 5.75 Å². The molecule has 1 unspecified atom stereocenters. The molecule has 150 valence electrons. The number of rotatable bonds is 6. The summed E-state index contributed by atoms with van der Waals surface area (Å²) in [6, 6.07) is 15.9. The van der Waals surface area contributed by atoms with Crippen molar-refractivity contribution in [2.75, 3.05) is 6.54 Å². The molecule has 0 bridgehead atoms. The highest BCUT2D eigenvalue weighted by atomic mass is 16.5. The Balaban J connectivity index is 1.43. The lowest BCUT2D eigenvalue weighted by Crippen LogP contribution is -2.24. The van der Waals surface area contributed by atoms with Gasteiger partial charge >= 0.3 is 0 Å². The Kier molecular flexibility index (Phi) is 5.34. The van der Waals surface area contributed by atoms with Gasteiger partial charge in [-0.1, -0.05) is 35.0 Å². The van der Waals surface area contributed by atoms with Crippen LogP contribution in [0.1, 0.15) is 43.2 Å². The average molecular weight is 391 g/mol. The maximum Gasteiger partial charge on any atom is 0.232 e. The Morgan fingerprint density at radius 2 is 1.86 bits per heavy atom. The number of benzene rings is 2. The number of amides is 1. The first-order valence-electron chi connectivity index (χ1n) is 9.92. The summed E-state index contributed by atoms with van der Waals surface area (Å²) in [7, 11) is 0. The standard InChI is InChI=1S/C23H25N3O3/c1-15(2)28-20-10-8-18(9-11-20)22-24-23(29-25-22)19-12-21(27)26(14-19)13-17-6-4-16(3)5-7-17/h4-11,15,19H,12-14H2,1-3H3. The van der Waals surface area contributed by atoms with E-state index in [0.717, 1.165) is 16.9 Å². The summed E-state index contributed by atoms with van der Waals surface area (Å²) in [5.41, 5.74) is 3.19. The van der Waals surface area contributed by atoms with Crippen molar-refractivity contribution >= 4 is 5.91 Å². The summed E-state index contributed by atoms with van der Waals surface area (Å²) in [4.78, 5) is 18.9. The van der Waals surface area contributed by atoms with Gasteiger partial charge < -0.3 is 14.2 Å². The van der Waals surface area contributed by atoms with Gasteiger partial charge in [0.2, 0.25) is 17.6 Å². The summed E-state index contributed by atoms with van der Waals surface area (Å²) < 4.78 is 11.2. The molecule has 1 saturated heterocycles. The second-order valence-corrected chi connectivity index (χ2v) is 7.81. The molecule has 2 heterocycles. The van der Waals surface area contributed by atoms with Crippen LogP contribution in [0, 0.1) is 6.92 Å². The molecule has 0 saturated carbocycles. The largest absolute Gasteiger partial charge is 0.491 e. The fraction of sp³-hybridized carbons (Fsp3) is 0.348. The van der Waals surface area contributed by atoms with Gasteiger partial charge in [-0.25, -0.2) is 0 Å². The third-order valence-electron chi connectivity index (χ3n) is 4.98. The van der Waals surface area contributed by atoms with Crippen LogP contribution >= 0.6 is 0 Å². The molecule has 3 aromatic rings. The van der Waals surface area contributed by atoms with E-state index in [-0.39, 0.29) is 17.9 Å². The van der Waals surface area contributed by atoms with Gasteiger partial charge in [0, 0.05) is 25.1 Å². The molecule has 1 aromatic heterocycles. The number of aromatic nitrogens is 2. The van der Waals surface area contributed by atoms with Crippen LogP contribution in [0.15, 0.2) is 53.1 Å². The molecule has 29 heavy (non-hydrogen) atoms. The number of carbonyl (C=O) groups excluding carboxylic acids is 1. The molecular weight excluding hydrogens is 366 g/mol. The third kappa shape index (κ3) is 4.47. The lowest BCUT2D eigenvalue weighted by Gasteiger charge is -2.16. The van der Waals surface area contributed by atoms with Crippen LogP contribution in [-0.2, 0) is 11.3 Å². The molecule has 1 fully saturated rings. The number of carbonyl (C=O) groups is 1. The van der Waals surface area contributed by atoms with Crippen LogP contribution in [0.25, 0.3) is 11.4 Å². The maximum atomic E-state index is 12.5. The Morgan fingerprint density at radius 3 is 2.55 bits per heavy atom. The lowest BCUT2D eigenvalue weighted by atomic mass is 10.1. The molecule has 1 aliphatic heterocycles. The molecule has 0 spiro atoms. The molecule has 0 N–H and O–H groups in total. The summed E-state index contributed by atoms with van der Waals surface area (Å²) in [5.74, 6) is 1.90. The third-order valence-corrected chi connectivity index (χ3v) is 4.98. The van der Waals surface area contributed by atoms with Crippen molar-refractivity contribution in [3.63, 3.8) is 0 Å². The predicted molar refractivity (Wildman–Crippen MR) is 109 cm³/mol. The van der Waals surface area contributed by atoms with E-state index in [1.165, 1.54) is 5.56 Å². The fourth-order valence-corrected chi connectivity index (χ4v) is 3.48. The average Bonchev–Trinajstić information content (AvgIpc) is 3.31. The van der Waals surface area contributed by atoms with E-state index in [9.17, 15) is 4.79 Å². The molecule has 6 nitrogen and oxygen atoms in total. The molecule has 0 radical (unpaired) electrons. The molecule has 4 rings (SSSR count). The first-order chi connectivity index (χ1) is 14.0. The fourth-order valence-electron chi connectivity index (χ4n) is 3.48. The maximum absolute atomic E-state index is 12.5. The number of nitrogens with zero attached hydrogens (tertiary/aromatic N) is 3. The van der Waals surface area contributed by atoms with Gasteiger partial charge in [-0.15, -0.1) is 0 Å². The lowest BCUT2D eigenvalue weighted by molar-refractivity contribution is -0.128. The SMILES string of the molecule is Cc1ccc(CN2CC(c3nc(-c4ccc(OC(C)C)cc4)no3)CC2=O)cc1. The first kappa shape index (κ1) is 19.2. The Labute approximate surface area is 170 Å². The molecule has 1 aliphatic rings. The van der Waals surface area contributed by atoms with Crippen molar-refractivity contribution in [2.24, 2.45) is 0 Å². The van der Waals surface area contributed by atoms with Gasteiger partial charge in [0.05, 0.1) is 12.0 Å². The van der Waals surface area contributed by atoms with Crippen LogP contribution < -0.4 is 4.74 Å². The monoisotopic (exact) mass is 391 g/mol. The van der Waals surface area contributed by atoms with Gasteiger partial charge in [0.25, 0.3) is 0 Å². The molecule has 2 aromatic carbocycles. The van der Waals surface area contributed by atoms with E-state index in [1.54, 1.807) is 0 Å². The van der Waals surface area contributed by atoms with Gasteiger partial charge in [0.15, 0.2) is 0 Å². The van der Waals surface area contributed by atoms with Crippen LogP contribution in [0.2, 0.25) is 0 Å². The van der Waals surface area contributed by atoms with E-state index in [0.29, 0.717) is 31.2 Å². The smallest absolute Gasteiger partial charge is 0.232 e. The van der Waals surface area contributed by atoms with E-state index in [4.69, 9.17) is 9.26 Å². The Hall–Kier alpha value is -3.15. The zero-order chi connectivity index (χ0) is 20.4. The van der Waals surface area contributed by atoms with E-state index in [2.05, 4.69) is 41.3 Å². The summed E-state index contributed by atoms with van der Waals surface area (Å²) in [6.45, 7) is 7.23. The number of ether oxygens (including phenoxy) is 1. The molecule has 6 heteroatoms. The van der Waals surface area contributed by atoms with Crippen molar-refractivity contribution in [3.05, 3.63) is 65.5 Å². The molecular formula is C23H25N3O3. The summed E-state index contributed by atoms with van der Waals surface area (Å²) in [6.07, 6.45) is 0.523. The van der Waals surface area contributed by atoms with Crippen molar-refractivity contribution in [1.82, 2.24) is 15.0 Å². The molecule has 0 aliphatic carbocycles. The van der Waals surface area contributed by atoms with Crippen molar-refractivity contribution in [1.29, 1.82) is 0 Å². The van der Waals surface area contributed by atoms with E-state index >= 15 is 0 Å². The highest BCUT2D eigenvalue weighted by Crippen LogP contribution is 2.30. The molecule has 1 atom stereocenters. The van der Waals surface area contributed by atoms with E-state index < -0.39 is 0 Å². The van der Waals surface area contributed by atoms with Crippen molar-refractivity contribution < 1.29 is 14.1 Å². The van der Waals surface area contributed by atoms with Crippen LogP contribution in [0.3, 0.4) is 0 Å². The molecule has 1 amide bonds. The number of hydrogen-bond acceptors (Lipinski definition) is 5.